The van der Waals surface area contributed by atoms with Gasteiger partial charge >= 0.3 is 0 Å². The number of carbonyl (C=O) groups excluding carboxylic acids is 1. The number of nitro benzene ring substituents is 1. The zero-order valence-corrected chi connectivity index (χ0v) is 15.5. The summed E-state index contributed by atoms with van der Waals surface area (Å²) in [5.74, 6) is 1.45. The summed E-state index contributed by atoms with van der Waals surface area (Å²) in [6.45, 7) is 4.63. The van der Waals surface area contributed by atoms with E-state index in [1.165, 1.54) is 30.3 Å². The van der Waals surface area contributed by atoms with Gasteiger partial charge in [-0.1, -0.05) is 0 Å². The highest BCUT2D eigenvalue weighted by molar-refractivity contribution is 6.07. The molecule has 0 aliphatic heterocycles. The monoisotopic (exact) mass is 381 g/mol. The normalized spacial score (nSPS) is 11.1. The largest absolute Gasteiger partial charge is 0.486 e. The van der Waals surface area contributed by atoms with E-state index in [1.54, 1.807) is 36.0 Å². The maximum Gasteiger partial charge on any atom is 0.269 e. The molecule has 0 atom stereocenters. The van der Waals surface area contributed by atoms with Crippen LogP contribution in [0.5, 0.6) is 5.75 Å². The number of nitro groups is 1. The van der Waals surface area contributed by atoms with E-state index >= 15 is 0 Å². The number of ether oxygens (including phenoxy) is 1. The van der Waals surface area contributed by atoms with E-state index in [2.05, 4.69) is 5.10 Å². The van der Waals surface area contributed by atoms with Crippen molar-refractivity contribution < 1.29 is 18.9 Å². The molecule has 144 valence electrons. The zero-order valence-electron chi connectivity index (χ0n) is 15.5. The van der Waals surface area contributed by atoms with Crippen LogP contribution < -0.4 is 4.74 Å². The summed E-state index contributed by atoms with van der Waals surface area (Å²) in [7, 11) is 0. The second-order valence-corrected chi connectivity index (χ2v) is 6.03. The number of allylic oxidation sites excluding steroid dienone is 1. The number of nitrogens with zero attached hydrogens (tertiary/aromatic N) is 3. The molecular weight excluding hydrogens is 362 g/mol. The van der Waals surface area contributed by atoms with E-state index in [4.69, 9.17) is 9.15 Å². The molecule has 8 nitrogen and oxygen atoms in total. The van der Waals surface area contributed by atoms with Gasteiger partial charge in [-0.15, -0.1) is 0 Å². The van der Waals surface area contributed by atoms with Crippen molar-refractivity contribution in [3.63, 3.8) is 0 Å². The predicted molar refractivity (Wildman–Crippen MR) is 102 cm³/mol. The highest BCUT2D eigenvalue weighted by Crippen LogP contribution is 2.19. The second kappa shape index (κ2) is 8.34. The molecular formula is C20H19N3O5. The third kappa shape index (κ3) is 4.53. The van der Waals surface area contributed by atoms with Crippen LogP contribution in [0.15, 0.2) is 53.1 Å². The molecule has 0 unspecified atom stereocenters. The molecule has 3 rings (SSSR count). The van der Waals surface area contributed by atoms with Crippen molar-refractivity contribution in [2.75, 3.05) is 0 Å². The molecule has 0 spiro atoms. The molecule has 0 fully saturated rings. The third-order valence-electron chi connectivity index (χ3n) is 4.05. The first-order valence-corrected chi connectivity index (χ1v) is 8.68. The van der Waals surface area contributed by atoms with Crippen LogP contribution in [0.4, 0.5) is 5.69 Å². The van der Waals surface area contributed by atoms with Crippen molar-refractivity contribution in [3.8, 4) is 5.75 Å². The quantitative estimate of drug-likeness (QED) is 0.251. The number of benzene rings is 1. The smallest absolute Gasteiger partial charge is 0.269 e. The lowest BCUT2D eigenvalue weighted by Gasteiger charge is -2.03. The number of non-ortho nitro benzene ring substituents is 1. The molecule has 0 bridgehead atoms. The number of furan rings is 1. The number of ketones is 1. The summed E-state index contributed by atoms with van der Waals surface area (Å²) in [5, 5.41) is 14.9. The Balaban J connectivity index is 1.58. The van der Waals surface area contributed by atoms with Crippen molar-refractivity contribution in [1.82, 2.24) is 9.78 Å². The van der Waals surface area contributed by atoms with Gasteiger partial charge in [0.15, 0.2) is 5.78 Å². The van der Waals surface area contributed by atoms with E-state index in [-0.39, 0.29) is 18.1 Å². The standard InChI is InChI=1S/C20H19N3O5/c1-3-22-12-19(14(2)21-22)20(24)11-10-17-8-9-18(28-17)13-27-16-6-4-15(5-7-16)23(25)26/h4-12H,3,13H2,1-2H3/b11-10+. The Labute approximate surface area is 161 Å². The van der Waals surface area contributed by atoms with Crippen molar-refractivity contribution in [1.29, 1.82) is 0 Å². The SMILES string of the molecule is CCn1cc(C(=O)/C=C/c2ccc(COc3ccc([N+](=O)[O-])cc3)o2)c(C)n1. The van der Waals surface area contributed by atoms with Crippen LogP contribution in [0.25, 0.3) is 6.08 Å². The van der Waals surface area contributed by atoms with Crippen LogP contribution in [0.3, 0.4) is 0 Å². The first-order valence-electron chi connectivity index (χ1n) is 8.68. The molecule has 0 N–H and O–H groups in total. The van der Waals surface area contributed by atoms with Gasteiger partial charge in [-0.2, -0.15) is 5.10 Å². The Hall–Kier alpha value is -3.68. The zero-order chi connectivity index (χ0) is 20.1. The molecule has 8 heteroatoms. The van der Waals surface area contributed by atoms with Gasteiger partial charge in [-0.05, 0) is 50.3 Å². The van der Waals surface area contributed by atoms with Gasteiger partial charge in [0.1, 0.15) is 23.9 Å². The number of hydrogen-bond donors (Lipinski definition) is 0. The van der Waals surface area contributed by atoms with Crippen LogP contribution in [-0.2, 0) is 13.2 Å². The molecule has 0 saturated heterocycles. The highest BCUT2D eigenvalue weighted by atomic mass is 16.6. The van der Waals surface area contributed by atoms with E-state index in [9.17, 15) is 14.9 Å². The average molecular weight is 381 g/mol. The molecule has 0 radical (unpaired) electrons. The maximum absolute atomic E-state index is 12.3. The summed E-state index contributed by atoms with van der Waals surface area (Å²) in [4.78, 5) is 22.5. The van der Waals surface area contributed by atoms with Crippen molar-refractivity contribution >= 4 is 17.5 Å². The Morgan fingerprint density at radius 3 is 2.68 bits per heavy atom. The van der Waals surface area contributed by atoms with Gasteiger partial charge in [-0.3, -0.25) is 19.6 Å². The van der Waals surface area contributed by atoms with Gasteiger partial charge in [0.2, 0.25) is 0 Å². The Morgan fingerprint density at radius 1 is 1.29 bits per heavy atom. The number of rotatable bonds is 8. The number of aryl methyl sites for hydroxylation is 2. The highest BCUT2D eigenvalue weighted by Gasteiger charge is 2.11. The van der Waals surface area contributed by atoms with E-state index in [0.717, 1.165) is 0 Å². The average Bonchev–Trinajstić information content (AvgIpc) is 3.31. The summed E-state index contributed by atoms with van der Waals surface area (Å²) >= 11 is 0. The van der Waals surface area contributed by atoms with Gasteiger partial charge in [-0.25, -0.2) is 0 Å². The molecule has 0 aliphatic rings. The Bertz CT molecular complexity index is 1010. The fourth-order valence-electron chi connectivity index (χ4n) is 2.55. The van der Waals surface area contributed by atoms with Crippen molar-refractivity contribution in [3.05, 3.63) is 81.6 Å². The first-order chi connectivity index (χ1) is 13.5. The molecule has 2 aromatic heterocycles. The molecule has 0 saturated carbocycles. The second-order valence-electron chi connectivity index (χ2n) is 6.03. The van der Waals surface area contributed by atoms with E-state index < -0.39 is 4.92 Å². The summed E-state index contributed by atoms with van der Waals surface area (Å²) < 4.78 is 12.9. The summed E-state index contributed by atoms with van der Waals surface area (Å²) in [5.41, 5.74) is 1.25. The van der Waals surface area contributed by atoms with Gasteiger partial charge in [0, 0.05) is 24.9 Å². The number of hydrogen-bond acceptors (Lipinski definition) is 6. The minimum Gasteiger partial charge on any atom is -0.486 e. The summed E-state index contributed by atoms with van der Waals surface area (Å²) in [6.07, 6.45) is 4.78. The van der Waals surface area contributed by atoms with Crippen LogP contribution in [0.2, 0.25) is 0 Å². The minimum absolute atomic E-state index is 0.00200. The third-order valence-corrected chi connectivity index (χ3v) is 4.05. The minimum atomic E-state index is -0.467. The van der Waals surface area contributed by atoms with Crippen LogP contribution in [0, 0.1) is 17.0 Å². The van der Waals surface area contributed by atoms with E-state index in [1.807, 2.05) is 6.92 Å². The van der Waals surface area contributed by atoms with Crippen molar-refractivity contribution in [2.45, 2.75) is 27.0 Å². The lowest BCUT2D eigenvalue weighted by molar-refractivity contribution is -0.384. The molecule has 3 aromatic rings. The van der Waals surface area contributed by atoms with Gasteiger partial charge in [0.05, 0.1) is 16.2 Å². The molecule has 0 amide bonds. The molecule has 0 aliphatic carbocycles. The van der Waals surface area contributed by atoms with Crippen molar-refractivity contribution in [2.24, 2.45) is 0 Å². The molecule has 1 aromatic carbocycles. The Kier molecular flexibility index (Phi) is 5.69. The van der Waals surface area contributed by atoms with Gasteiger partial charge < -0.3 is 9.15 Å². The van der Waals surface area contributed by atoms with Gasteiger partial charge in [0.25, 0.3) is 5.69 Å². The predicted octanol–water partition coefficient (Wildman–Crippen LogP) is 4.19. The topological polar surface area (TPSA) is 100 Å². The fourth-order valence-corrected chi connectivity index (χ4v) is 2.55. The molecule has 2 heterocycles. The number of aromatic nitrogens is 2. The molecule has 28 heavy (non-hydrogen) atoms. The van der Waals surface area contributed by atoms with Crippen LogP contribution in [-0.4, -0.2) is 20.5 Å². The first kappa shape index (κ1) is 19.1. The van der Waals surface area contributed by atoms with Crippen LogP contribution in [0.1, 0.15) is 34.5 Å². The lowest BCUT2D eigenvalue weighted by atomic mass is 10.1. The summed E-state index contributed by atoms with van der Waals surface area (Å²) in [6, 6.07) is 9.29. The number of carbonyl (C=O) groups is 1. The van der Waals surface area contributed by atoms with E-state index in [0.29, 0.717) is 35.1 Å². The lowest BCUT2D eigenvalue weighted by Crippen LogP contribution is -1.95. The van der Waals surface area contributed by atoms with Crippen LogP contribution >= 0.6 is 0 Å². The fraction of sp³-hybridized carbons (Fsp3) is 0.200. The Morgan fingerprint density at radius 2 is 2.04 bits per heavy atom. The maximum atomic E-state index is 12.3.